The normalized spacial score (nSPS) is 24.5. The van der Waals surface area contributed by atoms with Crippen molar-refractivity contribution in [2.24, 2.45) is 0 Å². The summed E-state index contributed by atoms with van der Waals surface area (Å²) >= 11 is 0. The summed E-state index contributed by atoms with van der Waals surface area (Å²) in [4.78, 5) is 0. The van der Waals surface area contributed by atoms with Crippen molar-refractivity contribution in [3.8, 4) is 5.88 Å². The monoisotopic (exact) mass is 262 g/mol. The molecule has 0 radical (unpaired) electrons. The second-order valence-electron chi connectivity index (χ2n) is 6.20. The van der Waals surface area contributed by atoms with Gasteiger partial charge in [-0.05, 0) is 46.6 Å². The van der Waals surface area contributed by atoms with Crippen LogP contribution in [0.1, 0.15) is 40.5 Å². The third kappa shape index (κ3) is 2.47. The zero-order valence-corrected chi connectivity index (χ0v) is 11.8. The highest BCUT2D eigenvalue weighted by Crippen LogP contribution is 2.36. The van der Waals surface area contributed by atoms with Crippen LogP contribution in [-0.2, 0) is 9.31 Å². The van der Waals surface area contributed by atoms with Crippen molar-refractivity contribution in [2.75, 3.05) is 0 Å². The van der Waals surface area contributed by atoms with E-state index in [0.29, 0.717) is 17.6 Å². The van der Waals surface area contributed by atoms with E-state index in [-0.39, 0.29) is 11.2 Å². The summed E-state index contributed by atoms with van der Waals surface area (Å²) in [5.74, 6) is 0.572. The summed E-state index contributed by atoms with van der Waals surface area (Å²) in [6, 6.07) is 3.68. The summed E-state index contributed by atoms with van der Waals surface area (Å²) in [7, 11) is -0.465. The number of hydrogen-bond donors (Lipinski definition) is 0. The molecule has 1 aromatic rings. The molecule has 1 aromatic heterocycles. The van der Waals surface area contributed by atoms with Crippen LogP contribution < -0.4 is 10.3 Å². The smallest absolute Gasteiger partial charge is 0.473 e. The van der Waals surface area contributed by atoms with Gasteiger partial charge in [-0.3, -0.25) is 0 Å². The second-order valence-corrected chi connectivity index (χ2v) is 6.20. The highest BCUT2D eigenvalue weighted by Gasteiger charge is 2.52. The fourth-order valence-electron chi connectivity index (χ4n) is 1.84. The zero-order chi connectivity index (χ0) is 13.7. The molecule has 1 aliphatic carbocycles. The molecule has 0 bridgehead atoms. The second kappa shape index (κ2) is 4.18. The molecule has 0 N–H and O–H groups in total. The molecule has 5 nitrogen and oxygen atoms in total. The lowest BCUT2D eigenvalue weighted by Gasteiger charge is -2.32. The van der Waals surface area contributed by atoms with Gasteiger partial charge in [0.2, 0.25) is 5.88 Å². The maximum Gasteiger partial charge on any atom is 0.516 e. The van der Waals surface area contributed by atoms with Crippen molar-refractivity contribution in [3.05, 3.63) is 12.1 Å². The third-order valence-electron chi connectivity index (χ3n) is 3.97. The molecule has 2 heterocycles. The Morgan fingerprint density at radius 3 is 2.21 bits per heavy atom. The van der Waals surface area contributed by atoms with Gasteiger partial charge >= 0.3 is 7.12 Å². The average molecular weight is 262 g/mol. The fourth-order valence-corrected chi connectivity index (χ4v) is 1.84. The molecule has 3 rings (SSSR count). The van der Waals surface area contributed by atoms with Gasteiger partial charge in [-0.25, -0.2) is 0 Å². The zero-order valence-electron chi connectivity index (χ0n) is 11.8. The number of hydrogen-bond acceptors (Lipinski definition) is 5. The van der Waals surface area contributed by atoms with Crippen LogP contribution in [0.3, 0.4) is 0 Å². The molecule has 1 saturated heterocycles. The highest BCUT2D eigenvalue weighted by atomic mass is 16.7. The largest absolute Gasteiger partial charge is 0.516 e. The van der Waals surface area contributed by atoms with Gasteiger partial charge in [0.15, 0.2) is 0 Å². The maximum absolute atomic E-state index is 5.92. The first-order valence-electron chi connectivity index (χ1n) is 6.73. The molecule has 0 unspecified atom stereocenters. The van der Waals surface area contributed by atoms with E-state index < -0.39 is 7.12 Å². The minimum atomic E-state index is -0.465. The maximum atomic E-state index is 5.92. The van der Waals surface area contributed by atoms with Gasteiger partial charge in [-0.1, -0.05) is 0 Å². The molecular formula is C13H19BN2O3. The van der Waals surface area contributed by atoms with Crippen molar-refractivity contribution < 1.29 is 14.0 Å². The van der Waals surface area contributed by atoms with E-state index in [2.05, 4.69) is 10.2 Å². The van der Waals surface area contributed by atoms with E-state index in [9.17, 15) is 0 Å². The van der Waals surface area contributed by atoms with Gasteiger partial charge < -0.3 is 14.0 Å². The van der Waals surface area contributed by atoms with Crippen LogP contribution in [0.4, 0.5) is 0 Å². The van der Waals surface area contributed by atoms with Crippen LogP contribution in [-0.4, -0.2) is 34.6 Å². The van der Waals surface area contributed by atoms with Crippen LogP contribution in [0, 0.1) is 0 Å². The van der Waals surface area contributed by atoms with Gasteiger partial charge in [0.05, 0.1) is 16.8 Å². The van der Waals surface area contributed by atoms with E-state index in [0.717, 1.165) is 12.8 Å². The molecule has 1 saturated carbocycles. The quantitative estimate of drug-likeness (QED) is 0.769. The molecule has 0 atom stereocenters. The van der Waals surface area contributed by atoms with Gasteiger partial charge in [0.25, 0.3) is 0 Å². The minimum Gasteiger partial charge on any atom is -0.473 e. The number of rotatable bonds is 3. The first-order chi connectivity index (χ1) is 8.87. The van der Waals surface area contributed by atoms with Crippen molar-refractivity contribution >= 4 is 12.7 Å². The predicted molar refractivity (Wildman–Crippen MR) is 71.4 cm³/mol. The van der Waals surface area contributed by atoms with Crippen molar-refractivity contribution in [3.63, 3.8) is 0 Å². The van der Waals surface area contributed by atoms with E-state index in [1.54, 1.807) is 0 Å². The molecule has 19 heavy (non-hydrogen) atoms. The van der Waals surface area contributed by atoms with E-state index >= 15 is 0 Å². The lowest BCUT2D eigenvalue weighted by molar-refractivity contribution is 0.00578. The Morgan fingerprint density at radius 2 is 1.74 bits per heavy atom. The Kier molecular flexibility index (Phi) is 2.83. The Bertz CT molecular complexity index is 455. The van der Waals surface area contributed by atoms with E-state index in [4.69, 9.17) is 14.0 Å². The van der Waals surface area contributed by atoms with Gasteiger partial charge in [0, 0.05) is 6.07 Å². The number of ether oxygens (including phenoxy) is 1. The lowest BCUT2D eigenvalue weighted by atomic mass is 9.85. The Morgan fingerprint density at radius 1 is 1.11 bits per heavy atom. The van der Waals surface area contributed by atoms with Crippen molar-refractivity contribution in [2.45, 2.75) is 57.8 Å². The molecule has 2 aliphatic rings. The van der Waals surface area contributed by atoms with Crippen LogP contribution in [0.2, 0.25) is 0 Å². The van der Waals surface area contributed by atoms with Crippen molar-refractivity contribution in [1.29, 1.82) is 0 Å². The van der Waals surface area contributed by atoms with E-state index in [1.807, 2.05) is 39.8 Å². The van der Waals surface area contributed by atoms with Gasteiger partial charge in [-0.15, -0.1) is 5.10 Å². The molecular weight excluding hydrogens is 243 g/mol. The molecule has 6 heteroatoms. The Hall–Kier alpha value is -1.14. The lowest BCUT2D eigenvalue weighted by Crippen LogP contribution is -2.41. The number of nitrogens with zero attached hydrogens (tertiary/aromatic N) is 2. The Balaban J connectivity index is 1.72. The minimum absolute atomic E-state index is 0.331. The van der Waals surface area contributed by atoms with Crippen LogP contribution in [0.15, 0.2) is 12.1 Å². The van der Waals surface area contributed by atoms with Crippen LogP contribution >= 0.6 is 0 Å². The molecule has 1 aliphatic heterocycles. The molecule has 0 aromatic carbocycles. The Labute approximate surface area is 113 Å². The predicted octanol–water partition coefficient (Wildman–Crippen LogP) is 1.32. The number of aromatic nitrogens is 2. The first kappa shape index (κ1) is 12.9. The SMILES string of the molecule is CC1(C)OB(c2ccc(OC3CC3)nn2)OC1(C)C. The summed E-state index contributed by atoms with van der Waals surface area (Å²) in [5.41, 5.74) is -0.0350. The molecule has 102 valence electrons. The van der Waals surface area contributed by atoms with Crippen LogP contribution in [0.25, 0.3) is 0 Å². The molecule has 0 amide bonds. The summed E-state index contributed by atoms with van der Waals surface area (Å²) in [6.07, 6.45) is 2.55. The fraction of sp³-hybridized carbons (Fsp3) is 0.692. The standard InChI is InChI=1S/C13H19BN2O3/c1-12(2)13(3,4)19-14(18-12)10-7-8-11(16-15-10)17-9-5-6-9/h7-9H,5-6H2,1-4H3. The summed E-state index contributed by atoms with van der Waals surface area (Å²) < 4.78 is 17.4. The summed E-state index contributed by atoms with van der Waals surface area (Å²) in [6.45, 7) is 8.08. The highest BCUT2D eigenvalue weighted by molar-refractivity contribution is 6.61. The first-order valence-corrected chi connectivity index (χ1v) is 6.73. The van der Waals surface area contributed by atoms with Gasteiger partial charge in [-0.2, -0.15) is 5.10 Å². The van der Waals surface area contributed by atoms with E-state index in [1.165, 1.54) is 0 Å². The third-order valence-corrected chi connectivity index (χ3v) is 3.97. The topological polar surface area (TPSA) is 53.5 Å². The average Bonchev–Trinajstić information content (AvgIpc) is 3.08. The summed E-state index contributed by atoms with van der Waals surface area (Å²) in [5, 5.41) is 8.21. The van der Waals surface area contributed by atoms with Crippen LogP contribution in [0.5, 0.6) is 5.88 Å². The molecule has 2 fully saturated rings. The van der Waals surface area contributed by atoms with Gasteiger partial charge in [0.1, 0.15) is 6.10 Å². The van der Waals surface area contributed by atoms with Crippen molar-refractivity contribution in [1.82, 2.24) is 10.2 Å². The molecule has 0 spiro atoms.